The van der Waals surface area contributed by atoms with E-state index in [1.807, 2.05) is 59.5 Å². The second kappa shape index (κ2) is 9.22. The molecule has 3 unspecified atom stereocenters. The summed E-state index contributed by atoms with van der Waals surface area (Å²) >= 11 is 1.48. The fraction of sp³-hybridized carbons (Fsp3) is 0.385. The summed E-state index contributed by atoms with van der Waals surface area (Å²) in [6.45, 7) is 0.765. The number of anilines is 1. The molecule has 2 aromatic carbocycles. The number of carbonyl (C=O) groups is 2. The molecule has 9 heteroatoms. The van der Waals surface area contributed by atoms with E-state index < -0.39 is 6.10 Å². The molecule has 1 aliphatic carbocycles. The van der Waals surface area contributed by atoms with Crippen molar-refractivity contribution in [2.45, 2.75) is 49.2 Å². The molecule has 2 saturated heterocycles. The number of rotatable bonds is 5. The highest BCUT2D eigenvalue weighted by molar-refractivity contribution is 8.04. The molecule has 3 amide bonds. The van der Waals surface area contributed by atoms with Gasteiger partial charge in [-0.2, -0.15) is 0 Å². The number of carbonyl (C=O) groups excluding carboxylic acids is 2. The van der Waals surface area contributed by atoms with Crippen molar-refractivity contribution >= 4 is 29.4 Å². The van der Waals surface area contributed by atoms with Crippen LogP contribution in [0.1, 0.15) is 25.7 Å². The number of nitrogens with zero attached hydrogens (tertiary/aromatic N) is 1. The second-order valence-electron chi connectivity index (χ2n) is 9.40. The van der Waals surface area contributed by atoms with Gasteiger partial charge in [-0.3, -0.25) is 9.69 Å². The Bertz CT molecular complexity index is 1160. The highest BCUT2D eigenvalue weighted by atomic mass is 32.2. The summed E-state index contributed by atoms with van der Waals surface area (Å²) < 4.78 is 5.90. The third kappa shape index (κ3) is 4.17. The van der Waals surface area contributed by atoms with E-state index in [0.717, 1.165) is 37.2 Å². The first-order chi connectivity index (χ1) is 17.1. The summed E-state index contributed by atoms with van der Waals surface area (Å²) in [6.07, 6.45) is 2.67. The van der Waals surface area contributed by atoms with Crippen LogP contribution in [0.5, 0.6) is 11.5 Å². The first-order valence-electron chi connectivity index (χ1n) is 12.1. The Morgan fingerprint density at radius 3 is 2.57 bits per heavy atom. The van der Waals surface area contributed by atoms with Gasteiger partial charge >= 0.3 is 6.03 Å². The summed E-state index contributed by atoms with van der Waals surface area (Å²) in [7, 11) is 0. The van der Waals surface area contributed by atoms with Crippen LogP contribution in [0.3, 0.4) is 0 Å². The Morgan fingerprint density at radius 1 is 1.06 bits per heavy atom. The smallest absolute Gasteiger partial charge is 0.326 e. The number of para-hydroxylation sites is 1. The Hall–Kier alpha value is -3.01. The molecule has 1 saturated carbocycles. The third-order valence-electron chi connectivity index (χ3n) is 7.24. The van der Waals surface area contributed by atoms with E-state index in [4.69, 9.17) is 4.74 Å². The van der Waals surface area contributed by atoms with Crippen LogP contribution >= 0.6 is 11.8 Å². The van der Waals surface area contributed by atoms with E-state index in [2.05, 4.69) is 16.0 Å². The maximum Gasteiger partial charge on any atom is 0.326 e. The van der Waals surface area contributed by atoms with Crippen LogP contribution in [0.2, 0.25) is 0 Å². The summed E-state index contributed by atoms with van der Waals surface area (Å²) in [6, 6.07) is 16.6. The van der Waals surface area contributed by atoms with Crippen molar-refractivity contribution in [1.82, 2.24) is 16.0 Å². The number of ether oxygens (including phenoxy) is 1. The molecule has 2 aromatic rings. The van der Waals surface area contributed by atoms with Crippen molar-refractivity contribution in [2.75, 3.05) is 11.4 Å². The Labute approximate surface area is 208 Å². The first-order valence-corrected chi connectivity index (χ1v) is 13.0. The lowest BCUT2D eigenvalue weighted by atomic mass is 9.86. The molecule has 0 aromatic heterocycles. The molecule has 5 atom stereocenters. The normalized spacial score (nSPS) is 29.6. The lowest BCUT2D eigenvalue weighted by molar-refractivity contribution is -0.118. The Kier molecular flexibility index (Phi) is 5.91. The number of aliphatic hydroxyl groups is 1. The molecule has 0 bridgehead atoms. The number of thioether (sulfide) groups is 1. The quantitative estimate of drug-likeness (QED) is 0.511. The van der Waals surface area contributed by atoms with E-state index >= 15 is 0 Å². The number of benzene rings is 2. The van der Waals surface area contributed by atoms with E-state index in [1.165, 1.54) is 11.8 Å². The molecule has 4 aliphatic rings. The SMILES string of the molecule is O=C(N[C@@H]1CCC[C@H]1O)C1=C2NC(=O)N(c3ccc(Oc4ccccc4)cc3)C3CCNC(S1)C23. The lowest BCUT2D eigenvalue weighted by Gasteiger charge is -2.45. The zero-order chi connectivity index (χ0) is 23.9. The lowest BCUT2D eigenvalue weighted by Crippen LogP contribution is -2.62. The molecular formula is C26H28N4O4S. The zero-order valence-electron chi connectivity index (χ0n) is 19.1. The minimum absolute atomic E-state index is 0.0130. The largest absolute Gasteiger partial charge is 0.457 e. The molecule has 3 heterocycles. The molecule has 6 rings (SSSR count). The van der Waals surface area contributed by atoms with Crippen LogP contribution in [0.15, 0.2) is 65.2 Å². The topological polar surface area (TPSA) is 103 Å². The fourth-order valence-electron chi connectivity index (χ4n) is 5.56. The molecule has 4 N–H and O–H groups in total. The van der Waals surface area contributed by atoms with Crippen molar-refractivity contribution in [2.24, 2.45) is 5.92 Å². The number of urea groups is 1. The van der Waals surface area contributed by atoms with Gasteiger partial charge in [-0.15, -0.1) is 0 Å². The summed E-state index contributed by atoms with van der Waals surface area (Å²) in [5.74, 6) is 1.24. The third-order valence-corrected chi connectivity index (χ3v) is 8.59. The van der Waals surface area contributed by atoms with Crippen LogP contribution in [-0.4, -0.2) is 47.2 Å². The number of amides is 3. The Balaban J connectivity index is 1.23. The minimum atomic E-state index is -0.505. The van der Waals surface area contributed by atoms with Gasteiger partial charge in [-0.25, -0.2) is 4.79 Å². The van der Waals surface area contributed by atoms with Crippen molar-refractivity contribution < 1.29 is 19.4 Å². The molecule has 0 radical (unpaired) electrons. The van der Waals surface area contributed by atoms with Crippen LogP contribution in [0.25, 0.3) is 0 Å². The van der Waals surface area contributed by atoms with Gasteiger partial charge in [0, 0.05) is 17.3 Å². The second-order valence-corrected chi connectivity index (χ2v) is 10.6. The highest BCUT2D eigenvalue weighted by Crippen LogP contribution is 2.48. The van der Waals surface area contributed by atoms with Crippen molar-refractivity contribution in [1.29, 1.82) is 0 Å². The summed E-state index contributed by atoms with van der Waals surface area (Å²) in [4.78, 5) is 28.8. The van der Waals surface area contributed by atoms with Crippen molar-refractivity contribution in [3.05, 3.63) is 65.2 Å². The molecule has 3 fully saturated rings. The van der Waals surface area contributed by atoms with Gasteiger partial charge in [-0.1, -0.05) is 30.0 Å². The van der Waals surface area contributed by atoms with Gasteiger partial charge in [0.2, 0.25) is 0 Å². The van der Waals surface area contributed by atoms with Crippen molar-refractivity contribution in [3.63, 3.8) is 0 Å². The van der Waals surface area contributed by atoms with E-state index in [9.17, 15) is 14.7 Å². The fourth-order valence-corrected chi connectivity index (χ4v) is 6.96. The van der Waals surface area contributed by atoms with E-state index in [1.54, 1.807) is 0 Å². The summed E-state index contributed by atoms with van der Waals surface area (Å²) in [5.41, 5.74) is 1.50. The van der Waals surface area contributed by atoms with E-state index in [0.29, 0.717) is 22.8 Å². The number of hydrogen-bond acceptors (Lipinski definition) is 6. The van der Waals surface area contributed by atoms with Gasteiger partial charge in [0.25, 0.3) is 5.91 Å². The first kappa shape index (κ1) is 22.5. The minimum Gasteiger partial charge on any atom is -0.457 e. The molecule has 0 spiro atoms. The average molecular weight is 493 g/mol. The maximum absolute atomic E-state index is 13.3. The number of hydrogen-bond donors (Lipinski definition) is 4. The predicted octanol–water partition coefficient (Wildman–Crippen LogP) is 3.30. The predicted molar refractivity (Wildman–Crippen MR) is 134 cm³/mol. The monoisotopic (exact) mass is 492 g/mol. The average Bonchev–Trinajstić information content (AvgIpc) is 3.44. The highest BCUT2D eigenvalue weighted by Gasteiger charge is 2.51. The van der Waals surface area contributed by atoms with Crippen LogP contribution in [-0.2, 0) is 4.79 Å². The number of aliphatic hydroxyl groups excluding tert-OH is 1. The Morgan fingerprint density at radius 2 is 1.83 bits per heavy atom. The van der Waals surface area contributed by atoms with Gasteiger partial charge in [0.15, 0.2) is 0 Å². The van der Waals surface area contributed by atoms with Gasteiger partial charge in [0.1, 0.15) is 11.5 Å². The van der Waals surface area contributed by atoms with Crippen molar-refractivity contribution in [3.8, 4) is 11.5 Å². The molecule has 35 heavy (non-hydrogen) atoms. The number of piperidine rings is 1. The molecule has 182 valence electrons. The molecule has 8 nitrogen and oxygen atoms in total. The molecule has 3 aliphatic heterocycles. The van der Waals surface area contributed by atoms with Crippen LogP contribution < -0.4 is 25.6 Å². The maximum atomic E-state index is 13.3. The number of nitrogens with one attached hydrogen (secondary N) is 3. The van der Waals surface area contributed by atoms with Crippen LogP contribution in [0, 0.1) is 5.92 Å². The van der Waals surface area contributed by atoms with Gasteiger partial charge in [-0.05, 0) is 68.6 Å². The van der Waals surface area contributed by atoms with E-state index in [-0.39, 0.29) is 35.3 Å². The van der Waals surface area contributed by atoms with Crippen LogP contribution in [0.4, 0.5) is 10.5 Å². The molecular weight excluding hydrogens is 464 g/mol. The van der Waals surface area contributed by atoms with Gasteiger partial charge < -0.3 is 25.8 Å². The van der Waals surface area contributed by atoms with Gasteiger partial charge in [0.05, 0.1) is 28.5 Å². The summed E-state index contributed by atoms with van der Waals surface area (Å²) in [5, 5.41) is 19.7. The standard InChI is InChI=1S/C26H28N4O4S/c31-20-8-4-7-18(20)28-24(32)23-22-21-19(13-14-27-25(21)35-23)30(26(33)29-22)15-9-11-17(12-10-15)34-16-5-2-1-3-6-16/h1-3,5-6,9-12,18-21,25,27,31H,4,7-8,13-14H2,(H,28,32)(H,29,33)/t18-,19?,20-,21?,25?/m1/s1. The zero-order valence-corrected chi connectivity index (χ0v) is 20.0.